The molecular formula is C18H22F3NO. The van der Waals surface area contributed by atoms with Gasteiger partial charge in [-0.25, -0.2) is 0 Å². The molecule has 5 heteroatoms. The van der Waals surface area contributed by atoms with Crippen molar-refractivity contribution in [2.75, 3.05) is 0 Å². The third-order valence-electron chi connectivity index (χ3n) is 3.37. The van der Waals surface area contributed by atoms with Gasteiger partial charge in [-0.15, -0.1) is 0 Å². The van der Waals surface area contributed by atoms with Crippen molar-refractivity contribution in [1.29, 1.82) is 0 Å². The molecule has 0 saturated carbocycles. The van der Waals surface area contributed by atoms with Gasteiger partial charge in [-0.3, -0.25) is 4.99 Å². The molecule has 2 nitrogen and oxygen atoms in total. The van der Waals surface area contributed by atoms with Gasteiger partial charge in [0.25, 0.3) is 0 Å². The minimum Gasteiger partial charge on any atom is -0.456 e. The van der Waals surface area contributed by atoms with Gasteiger partial charge in [-0.05, 0) is 36.6 Å². The number of hydrogen-bond acceptors (Lipinski definition) is 2. The van der Waals surface area contributed by atoms with Gasteiger partial charge in [-0.2, -0.15) is 13.2 Å². The molecule has 1 aromatic rings. The molecule has 1 rings (SSSR count). The van der Waals surface area contributed by atoms with E-state index in [1.807, 2.05) is 13.0 Å². The van der Waals surface area contributed by atoms with Gasteiger partial charge >= 0.3 is 6.18 Å². The molecule has 1 atom stereocenters. The first-order valence-corrected chi connectivity index (χ1v) is 7.55. The Balaban J connectivity index is 2.76. The maximum absolute atomic E-state index is 12.5. The molecule has 1 aromatic carbocycles. The second-order valence-corrected chi connectivity index (χ2v) is 5.20. The molecule has 0 heterocycles. The average molecular weight is 325 g/mol. The van der Waals surface area contributed by atoms with E-state index in [2.05, 4.69) is 25.4 Å². The summed E-state index contributed by atoms with van der Waals surface area (Å²) in [7, 11) is 0. The lowest BCUT2D eigenvalue weighted by Gasteiger charge is -2.11. The Morgan fingerprint density at radius 2 is 1.87 bits per heavy atom. The van der Waals surface area contributed by atoms with Gasteiger partial charge in [0.2, 0.25) is 0 Å². The fourth-order valence-electron chi connectivity index (χ4n) is 1.69. The number of allylic oxidation sites excluding steroid dienone is 2. The minimum absolute atomic E-state index is 0.301. The number of halogens is 3. The predicted octanol–water partition coefficient (Wildman–Crippen LogP) is 6.01. The third kappa shape index (κ3) is 6.30. The van der Waals surface area contributed by atoms with Crippen LogP contribution in [-0.2, 0) is 6.18 Å². The summed E-state index contributed by atoms with van der Waals surface area (Å²) in [6.07, 6.45) is 0.989. The summed E-state index contributed by atoms with van der Waals surface area (Å²) in [5.74, 6) is 1.07. The number of aliphatic imine (C=N–C) groups is 1. The van der Waals surface area contributed by atoms with Crippen molar-refractivity contribution >= 4 is 5.71 Å². The Morgan fingerprint density at radius 1 is 1.26 bits per heavy atom. The van der Waals surface area contributed by atoms with Crippen LogP contribution >= 0.6 is 0 Å². The lowest BCUT2D eigenvalue weighted by atomic mass is 10.1. The van der Waals surface area contributed by atoms with Crippen LogP contribution in [0.3, 0.4) is 0 Å². The number of ether oxygens (including phenoxy) is 1. The summed E-state index contributed by atoms with van der Waals surface area (Å²) in [5, 5.41) is 0. The van der Waals surface area contributed by atoms with Crippen molar-refractivity contribution in [1.82, 2.24) is 0 Å². The minimum atomic E-state index is -4.35. The molecular weight excluding hydrogens is 303 g/mol. The SMILES string of the molecule is C=C(Oc1ccc(C(F)(F)F)cc1)C(CC)=N/C=C\C(C)CC. The number of alkyl halides is 3. The summed E-state index contributed by atoms with van der Waals surface area (Å²) < 4.78 is 43.0. The van der Waals surface area contributed by atoms with Crippen molar-refractivity contribution < 1.29 is 17.9 Å². The number of rotatable bonds is 7. The van der Waals surface area contributed by atoms with Crippen molar-refractivity contribution in [3.63, 3.8) is 0 Å². The fourth-order valence-corrected chi connectivity index (χ4v) is 1.69. The number of nitrogens with zero attached hydrogens (tertiary/aromatic N) is 1. The molecule has 23 heavy (non-hydrogen) atoms. The highest BCUT2D eigenvalue weighted by Gasteiger charge is 2.30. The zero-order valence-corrected chi connectivity index (χ0v) is 13.7. The van der Waals surface area contributed by atoms with Crippen molar-refractivity contribution in [2.45, 2.75) is 39.8 Å². The zero-order chi connectivity index (χ0) is 17.5. The average Bonchev–Trinajstić information content (AvgIpc) is 2.50. The highest BCUT2D eigenvalue weighted by atomic mass is 19.4. The van der Waals surface area contributed by atoms with Gasteiger partial charge in [0, 0.05) is 6.20 Å². The van der Waals surface area contributed by atoms with Crippen LogP contribution in [0.4, 0.5) is 13.2 Å². The molecule has 0 radical (unpaired) electrons. The number of hydrogen-bond donors (Lipinski definition) is 0. The lowest BCUT2D eigenvalue weighted by molar-refractivity contribution is -0.137. The molecule has 0 spiro atoms. The largest absolute Gasteiger partial charge is 0.456 e. The second-order valence-electron chi connectivity index (χ2n) is 5.20. The van der Waals surface area contributed by atoms with Crippen LogP contribution < -0.4 is 4.74 Å². The summed E-state index contributed by atoms with van der Waals surface area (Å²) in [4.78, 5) is 4.31. The molecule has 0 fully saturated rings. The normalized spacial score (nSPS) is 14.1. The molecule has 0 aliphatic heterocycles. The van der Waals surface area contributed by atoms with Crippen LogP contribution in [0.5, 0.6) is 5.75 Å². The predicted molar refractivity (Wildman–Crippen MR) is 87.5 cm³/mol. The summed E-state index contributed by atoms with van der Waals surface area (Å²) in [6.45, 7) is 9.89. The van der Waals surface area contributed by atoms with Crippen LogP contribution in [0.15, 0.2) is 53.9 Å². The van der Waals surface area contributed by atoms with E-state index in [0.29, 0.717) is 29.6 Å². The van der Waals surface area contributed by atoms with E-state index >= 15 is 0 Å². The molecule has 126 valence electrons. The molecule has 0 amide bonds. The Kier molecular flexibility index (Phi) is 7.07. The lowest BCUT2D eigenvalue weighted by Crippen LogP contribution is -2.08. The smallest absolute Gasteiger partial charge is 0.416 e. The van der Waals surface area contributed by atoms with Gasteiger partial charge in [-0.1, -0.05) is 39.8 Å². The summed E-state index contributed by atoms with van der Waals surface area (Å²) in [6, 6.07) is 4.51. The van der Waals surface area contributed by atoms with Gasteiger partial charge in [0.05, 0.1) is 11.3 Å². The first-order valence-electron chi connectivity index (χ1n) is 7.55. The Hall–Kier alpha value is -2.04. The van der Waals surface area contributed by atoms with Crippen molar-refractivity contribution in [2.24, 2.45) is 10.9 Å². The van der Waals surface area contributed by atoms with Crippen LogP contribution in [0.2, 0.25) is 0 Å². The second kappa shape index (κ2) is 8.56. The summed E-state index contributed by atoms with van der Waals surface area (Å²) >= 11 is 0. The maximum atomic E-state index is 12.5. The zero-order valence-electron chi connectivity index (χ0n) is 13.7. The van der Waals surface area contributed by atoms with E-state index in [9.17, 15) is 13.2 Å². The summed E-state index contributed by atoms with van der Waals surface area (Å²) in [5.41, 5.74) is -0.0548. The van der Waals surface area contributed by atoms with Crippen LogP contribution in [-0.4, -0.2) is 5.71 Å². The molecule has 0 bridgehead atoms. The fraction of sp³-hybridized carbons (Fsp3) is 0.389. The van der Waals surface area contributed by atoms with Gasteiger partial charge < -0.3 is 4.74 Å². The molecule has 0 aliphatic rings. The monoisotopic (exact) mass is 325 g/mol. The van der Waals surface area contributed by atoms with Crippen molar-refractivity contribution in [3.8, 4) is 5.75 Å². The maximum Gasteiger partial charge on any atom is 0.416 e. The molecule has 1 unspecified atom stereocenters. The van der Waals surface area contributed by atoms with E-state index < -0.39 is 11.7 Å². The quantitative estimate of drug-likeness (QED) is 0.444. The van der Waals surface area contributed by atoms with E-state index in [-0.39, 0.29) is 0 Å². The first-order chi connectivity index (χ1) is 10.8. The molecule has 0 aromatic heterocycles. The Bertz CT molecular complexity index is 571. The number of benzene rings is 1. The van der Waals surface area contributed by atoms with Crippen LogP contribution in [0.25, 0.3) is 0 Å². The van der Waals surface area contributed by atoms with Crippen LogP contribution in [0, 0.1) is 5.92 Å². The van der Waals surface area contributed by atoms with E-state index in [1.165, 1.54) is 12.1 Å². The van der Waals surface area contributed by atoms with Crippen molar-refractivity contribution in [3.05, 3.63) is 54.4 Å². The van der Waals surface area contributed by atoms with Gasteiger partial charge in [0.15, 0.2) is 0 Å². The van der Waals surface area contributed by atoms with Gasteiger partial charge in [0.1, 0.15) is 11.5 Å². The molecule has 0 N–H and O–H groups in total. The first kappa shape index (κ1) is 19.0. The van der Waals surface area contributed by atoms with E-state index in [1.54, 1.807) is 6.20 Å². The Morgan fingerprint density at radius 3 is 2.35 bits per heavy atom. The standard InChI is InChI=1S/C18H22F3NO/c1-5-13(3)11-12-22-17(6-2)14(4)23-16-9-7-15(8-10-16)18(19,20)21/h7-13H,4-6H2,1-3H3/b12-11-,22-17?. The van der Waals surface area contributed by atoms with E-state index in [4.69, 9.17) is 4.74 Å². The highest BCUT2D eigenvalue weighted by Crippen LogP contribution is 2.30. The van der Waals surface area contributed by atoms with Crippen LogP contribution in [0.1, 0.15) is 39.2 Å². The third-order valence-corrected chi connectivity index (χ3v) is 3.37. The molecule has 0 aliphatic carbocycles. The highest BCUT2D eigenvalue weighted by molar-refractivity contribution is 5.98. The Labute approximate surface area is 135 Å². The topological polar surface area (TPSA) is 21.6 Å². The van der Waals surface area contributed by atoms with E-state index in [0.717, 1.165) is 18.6 Å². The molecule has 0 saturated heterocycles.